The first-order valence-corrected chi connectivity index (χ1v) is 8.43. The van der Waals surface area contributed by atoms with Crippen molar-refractivity contribution in [1.82, 2.24) is 9.80 Å². The summed E-state index contributed by atoms with van der Waals surface area (Å²) in [4.78, 5) is 16.9. The van der Waals surface area contributed by atoms with Crippen molar-refractivity contribution in [3.63, 3.8) is 0 Å². The minimum Gasteiger partial charge on any atom is -0.459 e. The number of morpholine rings is 1. The molecule has 3 heterocycles. The highest BCUT2D eigenvalue weighted by atomic mass is 16.5. The molecule has 3 fully saturated rings. The van der Waals surface area contributed by atoms with Crippen LogP contribution >= 0.6 is 0 Å². The first-order chi connectivity index (χ1) is 10.8. The fraction of sp³-hybridized carbons (Fsp3) is 0.706. The van der Waals surface area contributed by atoms with Gasteiger partial charge in [-0.05, 0) is 43.2 Å². The smallest absolute Gasteiger partial charge is 0.289 e. The summed E-state index contributed by atoms with van der Waals surface area (Å²) >= 11 is 0. The molecule has 5 nitrogen and oxygen atoms in total. The SMILES string of the molecule is O=C(c1ccco1)N1CCC2(CCC2N2CCOCC2)CC1. The van der Waals surface area contributed by atoms with Gasteiger partial charge >= 0.3 is 0 Å². The summed E-state index contributed by atoms with van der Waals surface area (Å²) in [6.45, 7) is 5.61. The van der Waals surface area contributed by atoms with Gasteiger partial charge in [-0.1, -0.05) is 0 Å². The molecule has 1 spiro atoms. The largest absolute Gasteiger partial charge is 0.459 e. The van der Waals surface area contributed by atoms with Crippen LogP contribution in [0.5, 0.6) is 0 Å². The molecule has 1 atom stereocenters. The second-order valence-corrected chi connectivity index (χ2v) is 6.83. The number of amides is 1. The maximum absolute atomic E-state index is 12.4. The number of furan rings is 1. The highest BCUT2D eigenvalue weighted by Crippen LogP contribution is 2.51. The molecule has 2 saturated heterocycles. The lowest BCUT2D eigenvalue weighted by atomic mass is 9.58. The van der Waals surface area contributed by atoms with Crippen molar-refractivity contribution < 1.29 is 13.9 Å². The van der Waals surface area contributed by atoms with E-state index < -0.39 is 0 Å². The molecular formula is C17H24N2O3. The van der Waals surface area contributed by atoms with E-state index in [-0.39, 0.29) is 5.91 Å². The third-order valence-electron chi connectivity index (χ3n) is 5.89. The Labute approximate surface area is 131 Å². The van der Waals surface area contributed by atoms with E-state index in [2.05, 4.69) is 4.90 Å². The maximum Gasteiger partial charge on any atom is 0.289 e. The van der Waals surface area contributed by atoms with E-state index in [9.17, 15) is 4.79 Å². The van der Waals surface area contributed by atoms with Gasteiger partial charge in [0.05, 0.1) is 19.5 Å². The Morgan fingerprint density at radius 1 is 1.14 bits per heavy atom. The second kappa shape index (κ2) is 5.70. The zero-order valence-corrected chi connectivity index (χ0v) is 13.0. The quantitative estimate of drug-likeness (QED) is 0.838. The molecule has 5 heteroatoms. The molecule has 0 bridgehead atoms. The Balaban J connectivity index is 1.38. The lowest BCUT2D eigenvalue weighted by Crippen LogP contribution is -2.61. The first-order valence-electron chi connectivity index (χ1n) is 8.43. The van der Waals surface area contributed by atoms with Crippen molar-refractivity contribution in [2.75, 3.05) is 39.4 Å². The van der Waals surface area contributed by atoms with Crippen molar-refractivity contribution >= 4 is 5.91 Å². The van der Waals surface area contributed by atoms with E-state index in [0.717, 1.165) is 52.2 Å². The van der Waals surface area contributed by atoms with Crippen molar-refractivity contribution in [1.29, 1.82) is 0 Å². The molecule has 4 rings (SSSR count). The Bertz CT molecular complexity index is 514. The Morgan fingerprint density at radius 2 is 1.91 bits per heavy atom. The van der Waals surface area contributed by atoms with Crippen molar-refractivity contribution in [3.05, 3.63) is 24.2 Å². The topological polar surface area (TPSA) is 45.9 Å². The maximum atomic E-state index is 12.4. The molecule has 1 saturated carbocycles. The van der Waals surface area contributed by atoms with Crippen LogP contribution < -0.4 is 0 Å². The highest BCUT2D eigenvalue weighted by molar-refractivity contribution is 5.91. The van der Waals surface area contributed by atoms with E-state index in [1.165, 1.54) is 12.8 Å². The van der Waals surface area contributed by atoms with Gasteiger partial charge in [0.1, 0.15) is 0 Å². The molecule has 2 aliphatic heterocycles. The van der Waals surface area contributed by atoms with Gasteiger partial charge < -0.3 is 14.1 Å². The summed E-state index contributed by atoms with van der Waals surface area (Å²) in [5.41, 5.74) is 0.442. The molecule has 0 aromatic carbocycles. The van der Waals surface area contributed by atoms with Crippen molar-refractivity contribution in [2.45, 2.75) is 31.7 Å². The number of ether oxygens (including phenoxy) is 1. The van der Waals surface area contributed by atoms with Crippen LogP contribution in [0.25, 0.3) is 0 Å². The predicted molar refractivity (Wildman–Crippen MR) is 81.7 cm³/mol. The summed E-state index contributed by atoms with van der Waals surface area (Å²) in [5.74, 6) is 0.511. The molecule has 22 heavy (non-hydrogen) atoms. The van der Waals surface area contributed by atoms with Gasteiger partial charge in [-0.2, -0.15) is 0 Å². The average Bonchev–Trinajstić information content (AvgIpc) is 3.09. The summed E-state index contributed by atoms with van der Waals surface area (Å²) in [6, 6.07) is 4.24. The normalized spacial score (nSPS) is 28.5. The summed E-state index contributed by atoms with van der Waals surface area (Å²) < 4.78 is 10.7. The van der Waals surface area contributed by atoms with E-state index in [4.69, 9.17) is 9.15 Å². The van der Waals surface area contributed by atoms with E-state index in [1.54, 1.807) is 18.4 Å². The number of likely N-dealkylation sites (tertiary alicyclic amines) is 1. The third-order valence-corrected chi connectivity index (χ3v) is 5.89. The fourth-order valence-electron chi connectivity index (χ4n) is 4.44. The van der Waals surface area contributed by atoms with Crippen LogP contribution in [0.15, 0.2) is 22.8 Å². The lowest BCUT2D eigenvalue weighted by Gasteiger charge is -2.58. The van der Waals surface area contributed by atoms with Gasteiger partial charge in [-0.15, -0.1) is 0 Å². The first kappa shape index (κ1) is 14.3. The van der Waals surface area contributed by atoms with E-state index >= 15 is 0 Å². The Morgan fingerprint density at radius 3 is 2.50 bits per heavy atom. The van der Waals surface area contributed by atoms with Gasteiger partial charge in [-0.3, -0.25) is 9.69 Å². The van der Waals surface area contributed by atoms with Crippen LogP contribution in [0.2, 0.25) is 0 Å². The number of hydrogen-bond donors (Lipinski definition) is 0. The number of hydrogen-bond acceptors (Lipinski definition) is 4. The van der Waals surface area contributed by atoms with Crippen LogP contribution in [0.4, 0.5) is 0 Å². The lowest BCUT2D eigenvalue weighted by molar-refractivity contribution is -0.0938. The molecule has 0 N–H and O–H groups in total. The molecule has 1 unspecified atom stereocenters. The monoisotopic (exact) mass is 304 g/mol. The van der Waals surface area contributed by atoms with Gasteiger partial charge in [-0.25, -0.2) is 0 Å². The van der Waals surface area contributed by atoms with Crippen LogP contribution in [0.1, 0.15) is 36.2 Å². The zero-order chi connectivity index (χ0) is 15.0. The molecule has 1 aromatic rings. The third kappa shape index (κ3) is 2.36. The second-order valence-electron chi connectivity index (χ2n) is 6.83. The fourth-order valence-corrected chi connectivity index (χ4v) is 4.44. The molecule has 1 amide bonds. The minimum atomic E-state index is 0.0436. The van der Waals surface area contributed by atoms with Crippen LogP contribution in [-0.4, -0.2) is 61.1 Å². The van der Waals surface area contributed by atoms with Gasteiger partial charge in [0.15, 0.2) is 5.76 Å². The number of nitrogens with zero attached hydrogens (tertiary/aromatic N) is 2. The molecule has 1 aromatic heterocycles. The molecule has 0 radical (unpaired) electrons. The predicted octanol–water partition coefficient (Wildman–Crippen LogP) is 2.00. The van der Waals surface area contributed by atoms with Gasteiger partial charge in [0, 0.05) is 32.2 Å². The Hall–Kier alpha value is -1.33. The standard InChI is InChI=1S/C17H24N2O3/c20-16(14-2-1-11-22-14)19-7-5-17(6-8-19)4-3-15(17)18-9-12-21-13-10-18/h1-2,11,15H,3-10,12-13H2. The summed E-state index contributed by atoms with van der Waals surface area (Å²) in [6.07, 6.45) is 6.45. The van der Waals surface area contributed by atoms with Gasteiger partial charge in [0.25, 0.3) is 5.91 Å². The summed E-state index contributed by atoms with van der Waals surface area (Å²) in [7, 11) is 0. The number of piperidine rings is 1. The summed E-state index contributed by atoms with van der Waals surface area (Å²) in [5, 5.41) is 0. The zero-order valence-electron chi connectivity index (χ0n) is 13.0. The number of carbonyl (C=O) groups excluding carboxylic acids is 1. The molecule has 1 aliphatic carbocycles. The van der Waals surface area contributed by atoms with Crippen molar-refractivity contribution in [2.24, 2.45) is 5.41 Å². The molecular weight excluding hydrogens is 280 g/mol. The van der Waals surface area contributed by atoms with E-state index in [1.807, 2.05) is 4.90 Å². The highest BCUT2D eigenvalue weighted by Gasteiger charge is 2.51. The van der Waals surface area contributed by atoms with Gasteiger partial charge in [0.2, 0.25) is 0 Å². The van der Waals surface area contributed by atoms with Crippen LogP contribution in [0.3, 0.4) is 0 Å². The van der Waals surface area contributed by atoms with Crippen LogP contribution in [-0.2, 0) is 4.74 Å². The van der Waals surface area contributed by atoms with Crippen molar-refractivity contribution in [3.8, 4) is 0 Å². The molecule has 120 valence electrons. The Kier molecular flexibility index (Phi) is 3.70. The average molecular weight is 304 g/mol. The number of rotatable bonds is 2. The minimum absolute atomic E-state index is 0.0436. The molecule has 3 aliphatic rings. The van der Waals surface area contributed by atoms with E-state index in [0.29, 0.717) is 17.2 Å². The number of carbonyl (C=O) groups is 1. The van der Waals surface area contributed by atoms with Crippen LogP contribution in [0, 0.1) is 5.41 Å².